The third-order valence-corrected chi connectivity index (χ3v) is 4.58. The molecule has 0 bridgehead atoms. The molecule has 1 saturated heterocycles. The van der Waals surface area contributed by atoms with E-state index >= 15 is 0 Å². The van der Waals surface area contributed by atoms with Crippen LogP contribution < -0.4 is 4.90 Å². The van der Waals surface area contributed by atoms with Gasteiger partial charge in [0.1, 0.15) is 11.9 Å². The van der Waals surface area contributed by atoms with Crippen molar-refractivity contribution in [2.45, 2.75) is 37.3 Å². The molecule has 0 amide bonds. The summed E-state index contributed by atoms with van der Waals surface area (Å²) < 4.78 is 5.37. The predicted octanol–water partition coefficient (Wildman–Crippen LogP) is 2.01. The van der Waals surface area contributed by atoms with Crippen molar-refractivity contribution in [3.8, 4) is 0 Å². The van der Waals surface area contributed by atoms with Crippen LogP contribution >= 0.6 is 11.6 Å². The highest BCUT2D eigenvalue weighted by atomic mass is 35.5. The zero-order valence-corrected chi connectivity index (χ0v) is 13.3. The molecule has 1 aliphatic carbocycles. The van der Waals surface area contributed by atoms with Crippen molar-refractivity contribution in [3.63, 3.8) is 0 Å². The minimum Gasteiger partial charge on any atom is -0.478 e. The molecule has 0 spiro atoms. The van der Waals surface area contributed by atoms with E-state index in [1.54, 1.807) is 4.90 Å². The Balaban J connectivity index is 1.65. The second-order valence-electron chi connectivity index (χ2n) is 6.16. The molecule has 2 aromatic heterocycles. The lowest BCUT2D eigenvalue weighted by Gasteiger charge is -2.23. The highest BCUT2D eigenvalue weighted by Gasteiger charge is 2.39. The van der Waals surface area contributed by atoms with Crippen molar-refractivity contribution >= 4 is 23.4 Å². The molecule has 0 aromatic carbocycles. The van der Waals surface area contributed by atoms with E-state index in [0.717, 1.165) is 12.8 Å². The molecule has 24 heavy (non-hydrogen) atoms. The first-order valence-corrected chi connectivity index (χ1v) is 8.07. The minimum atomic E-state index is -1.10. The molecule has 2 fully saturated rings. The van der Waals surface area contributed by atoms with E-state index in [4.69, 9.17) is 21.2 Å². The van der Waals surface area contributed by atoms with Crippen LogP contribution in [0.4, 0.5) is 5.82 Å². The van der Waals surface area contributed by atoms with Crippen LogP contribution in [-0.4, -0.2) is 44.0 Å². The van der Waals surface area contributed by atoms with Gasteiger partial charge in [0.05, 0.1) is 16.7 Å². The molecule has 3 heterocycles. The number of rotatable bonds is 4. The first kappa shape index (κ1) is 15.3. The Kier molecular flexibility index (Phi) is 3.65. The number of hydrogen-bond acceptors (Lipinski definition) is 7. The smallest absolute Gasteiger partial charge is 0.337 e. The van der Waals surface area contributed by atoms with Gasteiger partial charge in [0.25, 0.3) is 0 Å². The van der Waals surface area contributed by atoms with Crippen molar-refractivity contribution in [2.24, 2.45) is 0 Å². The molecule has 8 nitrogen and oxygen atoms in total. The maximum Gasteiger partial charge on any atom is 0.337 e. The van der Waals surface area contributed by atoms with E-state index in [9.17, 15) is 9.90 Å². The number of hydrogen-bond donors (Lipinski definition) is 2. The highest BCUT2D eigenvalue weighted by molar-refractivity contribution is 6.33. The third kappa shape index (κ3) is 2.71. The molecule has 1 aliphatic heterocycles. The van der Waals surface area contributed by atoms with Crippen LogP contribution in [-0.2, 0) is 0 Å². The number of nitrogens with zero attached hydrogens (tertiary/aromatic N) is 4. The summed E-state index contributed by atoms with van der Waals surface area (Å²) in [5, 5.41) is 23.3. The Morgan fingerprint density at radius 2 is 2.21 bits per heavy atom. The molecule has 2 N–H and O–H groups in total. The van der Waals surface area contributed by atoms with Crippen molar-refractivity contribution < 1.29 is 19.5 Å². The quantitative estimate of drug-likeness (QED) is 0.861. The SMILES string of the molecule is O=C(O)c1cnc(N2C[C@H](O)C[C@H]2c2nc(C3CC3)no2)c(Cl)c1. The molecule has 9 heteroatoms. The monoisotopic (exact) mass is 350 g/mol. The third-order valence-electron chi connectivity index (χ3n) is 4.30. The Bertz CT molecular complexity index is 792. The van der Waals surface area contributed by atoms with E-state index in [1.165, 1.54) is 12.3 Å². The largest absolute Gasteiger partial charge is 0.478 e. The van der Waals surface area contributed by atoms with E-state index in [0.29, 0.717) is 36.4 Å². The fourth-order valence-electron chi connectivity index (χ4n) is 2.93. The van der Waals surface area contributed by atoms with E-state index in [1.807, 2.05) is 0 Å². The summed E-state index contributed by atoms with van der Waals surface area (Å²) in [6.07, 6.45) is 3.23. The van der Waals surface area contributed by atoms with Crippen molar-refractivity contribution in [2.75, 3.05) is 11.4 Å². The number of carbonyl (C=O) groups is 1. The standard InChI is InChI=1S/C15H15ClN4O4/c16-10-3-8(15(22)23)5-17-13(10)20-6-9(21)4-11(20)14-18-12(19-24-14)7-1-2-7/h3,5,7,9,11,21H,1-2,4,6H2,(H,22,23)/t9-,11+/m1/s1. The number of aliphatic hydroxyl groups excluding tert-OH is 1. The average Bonchev–Trinajstić information content (AvgIpc) is 3.15. The van der Waals surface area contributed by atoms with Crippen LogP contribution in [0.5, 0.6) is 0 Å². The van der Waals surface area contributed by atoms with Gasteiger partial charge in [-0.25, -0.2) is 9.78 Å². The van der Waals surface area contributed by atoms with Gasteiger partial charge < -0.3 is 19.6 Å². The fourth-order valence-corrected chi connectivity index (χ4v) is 3.21. The maximum atomic E-state index is 11.0. The molecular formula is C15H15ClN4O4. The summed E-state index contributed by atoms with van der Waals surface area (Å²) in [6.45, 7) is 0.310. The van der Waals surface area contributed by atoms with Gasteiger partial charge >= 0.3 is 5.97 Å². The van der Waals surface area contributed by atoms with Gasteiger partial charge in [-0.2, -0.15) is 4.98 Å². The molecule has 0 radical (unpaired) electrons. The molecule has 4 rings (SSSR count). The van der Waals surface area contributed by atoms with E-state index in [2.05, 4.69) is 15.1 Å². The number of β-amino-alcohol motifs (C(OH)–C–C–N with tert-alkyl or cyclic N) is 1. The number of halogens is 1. The van der Waals surface area contributed by atoms with Crippen LogP contribution in [0.15, 0.2) is 16.8 Å². The minimum absolute atomic E-state index is 0.00820. The summed E-state index contributed by atoms with van der Waals surface area (Å²) in [4.78, 5) is 21.4. The molecule has 1 saturated carbocycles. The number of carboxylic acids is 1. The lowest BCUT2D eigenvalue weighted by molar-refractivity contribution is 0.0696. The summed E-state index contributed by atoms with van der Waals surface area (Å²) in [6, 6.07) is 1.01. The highest BCUT2D eigenvalue weighted by Crippen LogP contribution is 2.41. The normalized spacial score (nSPS) is 23.7. The van der Waals surface area contributed by atoms with Crippen molar-refractivity contribution in [1.82, 2.24) is 15.1 Å². The van der Waals surface area contributed by atoms with E-state index < -0.39 is 12.1 Å². The molecule has 2 aromatic rings. The summed E-state index contributed by atoms with van der Waals surface area (Å²) >= 11 is 6.20. The fraction of sp³-hybridized carbons (Fsp3) is 0.467. The van der Waals surface area contributed by atoms with Crippen LogP contribution in [0.25, 0.3) is 0 Å². The van der Waals surface area contributed by atoms with E-state index in [-0.39, 0.29) is 16.6 Å². The summed E-state index contributed by atoms with van der Waals surface area (Å²) in [5.41, 5.74) is 0.00820. The predicted molar refractivity (Wildman–Crippen MR) is 83.2 cm³/mol. The van der Waals surface area contributed by atoms with Crippen molar-refractivity contribution in [3.05, 3.63) is 34.6 Å². The first-order valence-electron chi connectivity index (χ1n) is 7.70. The Morgan fingerprint density at radius 1 is 1.42 bits per heavy atom. The van der Waals surface area contributed by atoms with Gasteiger partial charge in [0, 0.05) is 25.1 Å². The zero-order valence-electron chi connectivity index (χ0n) is 12.6. The second-order valence-corrected chi connectivity index (χ2v) is 6.56. The van der Waals surface area contributed by atoms with Gasteiger partial charge in [-0.1, -0.05) is 16.8 Å². The first-order chi connectivity index (χ1) is 11.5. The van der Waals surface area contributed by atoms with Crippen LogP contribution in [0.2, 0.25) is 5.02 Å². The van der Waals surface area contributed by atoms with Crippen LogP contribution in [0, 0.1) is 0 Å². The number of carboxylic acid groups (broad SMARTS) is 1. The summed E-state index contributed by atoms with van der Waals surface area (Å²) in [7, 11) is 0. The molecule has 0 unspecified atom stereocenters. The number of anilines is 1. The summed E-state index contributed by atoms with van der Waals surface area (Å²) in [5.74, 6) is 0.799. The topological polar surface area (TPSA) is 113 Å². The molecule has 2 atom stereocenters. The van der Waals surface area contributed by atoms with Crippen LogP contribution in [0.1, 0.15) is 53.3 Å². The number of aromatic carboxylic acids is 1. The van der Waals surface area contributed by atoms with Crippen molar-refractivity contribution in [1.29, 1.82) is 0 Å². The Hall–Kier alpha value is -2.19. The Morgan fingerprint density at radius 3 is 2.88 bits per heavy atom. The molecular weight excluding hydrogens is 336 g/mol. The molecule has 126 valence electrons. The maximum absolute atomic E-state index is 11.0. The lowest BCUT2D eigenvalue weighted by Crippen LogP contribution is -2.26. The van der Waals surface area contributed by atoms with Gasteiger partial charge in [-0.05, 0) is 18.9 Å². The second kappa shape index (κ2) is 5.71. The number of pyridine rings is 1. The van der Waals surface area contributed by atoms with Gasteiger partial charge in [0.15, 0.2) is 5.82 Å². The number of aromatic nitrogens is 3. The Labute approximate surface area is 142 Å². The van der Waals surface area contributed by atoms with Crippen LogP contribution in [0.3, 0.4) is 0 Å². The molecule has 2 aliphatic rings. The van der Waals surface area contributed by atoms with Gasteiger partial charge in [-0.3, -0.25) is 0 Å². The zero-order chi connectivity index (χ0) is 16.8. The number of aliphatic hydroxyl groups is 1. The lowest BCUT2D eigenvalue weighted by atomic mass is 10.2. The van der Waals surface area contributed by atoms with Gasteiger partial charge in [-0.15, -0.1) is 0 Å². The average molecular weight is 351 g/mol. The van der Waals surface area contributed by atoms with Gasteiger partial charge in [0.2, 0.25) is 5.89 Å².